The van der Waals surface area contributed by atoms with Gasteiger partial charge in [0.2, 0.25) is 0 Å². The zero-order valence-electron chi connectivity index (χ0n) is 16.4. The fourth-order valence-electron chi connectivity index (χ4n) is 6.19. The number of benzene rings is 1. The van der Waals surface area contributed by atoms with Crippen molar-refractivity contribution in [2.24, 2.45) is 5.41 Å². The Bertz CT molecular complexity index is 957. The van der Waals surface area contributed by atoms with Gasteiger partial charge in [0.25, 0.3) is 5.72 Å². The number of para-hydroxylation sites is 1. The van der Waals surface area contributed by atoms with Crippen molar-refractivity contribution < 1.29 is 14.6 Å². The Kier molecular flexibility index (Phi) is 4.10. The molecule has 1 saturated heterocycles. The highest BCUT2D eigenvalue weighted by Gasteiger charge is 2.66. The van der Waals surface area contributed by atoms with Crippen molar-refractivity contribution in [1.82, 2.24) is 9.47 Å². The molecule has 28 heavy (non-hydrogen) atoms. The molecular formula is C22H27ClN2O3. The van der Waals surface area contributed by atoms with Crippen molar-refractivity contribution in [2.75, 3.05) is 19.7 Å². The van der Waals surface area contributed by atoms with Crippen LogP contribution in [0.5, 0.6) is 0 Å². The lowest BCUT2D eigenvalue weighted by Gasteiger charge is -2.60. The summed E-state index contributed by atoms with van der Waals surface area (Å²) in [4.78, 5) is 15.7. The van der Waals surface area contributed by atoms with E-state index < -0.39 is 17.1 Å². The number of hydrogen-bond donors (Lipinski definition) is 1. The van der Waals surface area contributed by atoms with Crippen LogP contribution in [0.15, 0.2) is 24.3 Å². The molecule has 6 heteroatoms. The predicted molar refractivity (Wildman–Crippen MR) is 108 cm³/mol. The number of piperidine rings is 1. The third-order valence-corrected chi connectivity index (χ3v) is 8.10. The molecule has 3 aliphatic rings. The highest BCUT2D eigenvalue weighted by Crippen LogP contribution is 2.62. The number of carbonyl (C=O) groups excluding carboxylic acids is 1. The minimum atomic E-state index is -1.91. The average molecular weight is 403 g/mol. The molecule has 1 aromatic heterocycles. The molecule has 4 atom stereocenters. The lowest BCUT2D eigenvalue weighted by atomic mass is 9.61. The number of aromatic nitrogens is 1. The molecule has 0 aliphatic carbocycles. The van der Waals surface area contributed by atoms with Gasteiger partial charge in [-0.15, -0.1) is 11.6 Å². The van der Waals surface area contributed by atoms with Crippen molar-refractivity contribution in [1.29, 1.82) is 0 Å². The standard InChI is InChI=1S/C22H27ClN2O3/c1-3-21-11-7-12-24-13-10-15-14-8-5-6-9-16(14)25(17(15)18(21)24)22(27,19(21)23)20(26)28-4-2/h5-6,8-9,18-19,27H,3-4,7,10-13H2,1-2H3/t18-,19+,21-,22+/m1/s1. The third kappa shape index (κ3) is 2.02. The van der Waals surface area contributed by atoms with Crippen molar-refractivity contribution in [3.05, 3.63) is 35.5 Å². The van der Waals surface area contributed by atoms with Crippen molar-refractivity contribution in [3.8, 4) is 0 Å². The number of hydrogen-bond acceptors (Lipinski definition) is 4. The van der Waals surface area contributed by atoms with E-state index in [0.717, 1.165) is 55.4 Å². The molecule has 150 valence electrons. The Balaban J connectivity index is 1.90. The summed E-state index contributed by atoms with van der Waals surface area (Å²) >= 11 is 7.11. The monoisotopic (exact) mass is 402 g/mol. The molecule has 5 rings (SSSR count). The van der Waals surface area contributed by atoms with Gasteiger partial charge in [0.15, 0.2) is 0 Å². The Morgan fingerprint density at radius 1 is 1.32 bits per heavy atom. The number of halogens is 1. The number of alkyl halides is 1. The van der Waals surface area contributed by atoms with Crippen molar-refractivity contribution >= 4 is 28.5 Å². The first-order valence-corrected chi connectivity index (χ1v) is 10.8. The molecule has 0 saturated carbocycles. The second-order valence-corrected chi connectivity index (χ2v) is 8.84. The van der Waals surface area contributed by atoms with Gasteiger partial charge in [0, 0.05) is 23.0 Å². The Morgan fingerprint density at radius 3 is 2.86 bits per heavy atom. The lowest BCUT2D eigenvalue weighted by molar-refractivity contribution is -0.194. The van der Waals surface area contributed by atoms with Gasteiger partial charge in [-0.3, -0.25) is 4.90 Å². The first kappa shape index (κ1) is 18.5. The molecule has 1 N–H and O–H groups in total. The Hall–Kier alpha value is -1.56. The van der Waals surface area contributed by atoms with E-state index in [1.165, 1.54) is 5.56 Å². The van der Waals surface area contributed by atoms with E-state index in [-0.39, 0.29) is 18.1 Å². The molecule has 0 amide bonds. The second kappa shape index (κ2) is 6.22. The highest BCUT2D eigenvalue weighted by molar-refractivity contribution is 6.23. The van der Waals surface area contributed by atoms with E-state index in [4.69, 9.17) is 16.3 Å². The summed E-state index contributed by atoms with van der Waals surface area (Å²) in [5.74, 6) is -0.646. The van der Waals surface area contributed by atoms with Crippen LogP contribution in [0.25, 0.3) is 10.9 Å². The zero-order chi connectivity index (χ0) is 19.7. The van der Waals surface area contributed by atoms with Crippen LogP contribution >= 0.6 is 11.6 Å². The molecule has 0 spiro atoms. The van der Waals surface area contributed by atoms with E-state index in [2.05, 4.69) is 17.9 Å². The smallest absolute Gasteiger partial charge is 0.361 e. The van der Waals surface area contributed by atoms with Gasteiger partial charge >= 0.3 is 5.97 Å². The molecule has 4 heterocycles. The summed E-state index contributed by atoms with van der Waals surface area (Å²) in [5.41, 5.74) is 0.925. The van der Waals surface area contributed by atoms with Crippen LogP contribution in [0, 0.1) is 5.41 Å². The van der Waals surface area contributed by atoms with Crippen LogP contribution in [0.3, 0.4) is 0 Å². The molecule has 3 aliphatic heterocycles. The molecule has 5 nitrogen and oxygen atoms in total. The minimum Gasteiger partial charge on any atom is -0.462 e. The van der Waals surface area contributed by atoms with Gasteiger partial charge < -0.3 is 14.4 Å². The first-order valence-electron chi connectivity index (χ1n) is 10.4. The number of rotatable bonds is 3. The average Bonchev–Trinajstić information content (AvgIpc) is 3.07. The van der Waals surface area contributed by atoms with E-state index in [0.29, 0.717) is 0 Å². The number of ether oxygens (including phenoxy) is 1. The maximum atomic E-state index is 13.2. The van der Waals surface area contributed by atoms with E-state index >= 15 is 0 Å². The molecule has 1 fully saturated rings. The highest BCUT2D eigenvalue weighted by atomic mass is 35.5. The SMILES string of the molecule is CCOC(=O)[C@@]1(O)[C@@H](Cl)[C@]2(CC)CCCN3CCc4c(n1c1ccccc41)[C@@H]32. The third-order valence-electron chi connectivity index (χ3n) is 7.36. The fraction of sp³-hybridized carbons (Fsp3) is 0.591. The summed E-state index contributed by atoms with van der Waals surface area (Å²) < 4.78 is 7.20. The summed E-state index contributed by atoms with van der Waals surface area (Å²) in [6.45, 7) is 6.14. The van der Waals surface area contributed by atoms with Crippen LogP contribution in [0.1, 0.15) is 50.4 Å². The van der Waals surface area contributed by atoms with Crippen LogP contribution in [-0.2, 0) is 21.7 Å². The Labute approximate surface area is 170 Å². The summed E-state index contributed by atoms with van der Waals surface area (Å²) in [7, 11) is 0. The number of aliphatic hydroxyl groups is 1. The number of esters is 1. The topological polar surface area (TPSA) is 54.7 Å². The molecule has 0 unspecified atom stereocenters. The Morgan fingerprint density at radius 2 is 2.11 bits per heavy atom. The largest absolute Gasteiger partial charge is 0.462 e. The fourth-order valence-corrected chi connectivity index (χ4v) is 6.76. The van der Waals surface area contributed by atoms with Gasteiger partial charge in [-0.2, -0.15) is 0 Å². The number of carbonyl (C=O) groups is 1. The van der Waals surface area contributed by atoms with E-state index in [1.54, 1.807) is 6.92 Å². The van der Waals surface area contributed by atoms with Crippen LogP contribution in [-0.4, -0.2) is 45.6 Å². The summed E-state index contributed by atoms with van der Waals surface area (Å²) in [5, 5.41) is 12.3. The van der Waals surface area contributed by atoms with Crippen LogP contribution in [0.4, 0.5) is 0 Å². The summed E-state index contributed by atoms with van der Waals surface area (Å²) in [6, 6.07) is 8.17. The maximum absolute atomic E-state index is 13.2. The number of nitrogens with zero attached hydrogens (tertiary/aromatic N) is 2. The van der Waals surface area contributed by atoms with E-state index in [1.807, 2.05) is 22.8 Å². The van der Waals surface area contributed by atoms with Crippen molar-refractivity contribution in [2.45, 2.75) is 56.7 Å². The van der Waals surface area contributed by atoms with E-state index in [9.17, 15) is 9.90 Å². The predicted octanol–water partition coefficient (Wildman–Crippen LogP) is 3.56. The summed E-state index contributed by atoms with van der Waals surface area (Å²) in [6.07, 6.45) is 3.67. The van der Waals surface area contributed by atoms with Gasteiger partial charge in [0.1, 0.15) is 5.38 Å². The minimum absolute atomic E-state index is 0.125. The quantitative estimate of drug-likeness (QED) is 0.630. The lowest BCUT2D eigenvalue weighted by Crippen LogP contribution is -2.66. The number of fused-ring (bicyclic) bond motifs is 3. The van der Waals surface area contributed by atoms with Gasteiger partial charge in [0.05, 0.1) is 18.2 Å². The molecular weight excluding hydrogens is 376 g/mol. The normalized spacial score (nSPS) is 34.3. The maximum Gasteiger partial charge on any atom is 0.361 e. The molecule has 0 bridgehead atoms. The van der Waals surface area contributed by atoms with Crippen LogP contribution < -0.4 is 0 Å². The molecule has 0 radical (unpaired) electrons. The van der Waals surface area contributed by atoms with Crippen LogP contribution in [0.2, 0.25) is 0 Å². The van der Waals surface area contributed by atoms with Gasteiger partial charge in [-0.25, -0.2) is 4.79 Å². The van der Waals surface area contributed by atoms with Gasteiger partial charge in [-0.1, -0.05) is 25.1 Å². The zero-order valence-corrected chi connectivity index (χ0v) is 17.2. The molecule has 2 aromatic rings. The first-order chi connectivity index (χ1) is 13.5. The second-order valence-electron chi connectivity index (χ2n) is 8.40. The van der Waals surface area contributed by atoms with Gasteiger partial charge in [-0.05, 0) is 50.8 Å². The van der Waals surface area contributed by atoms with Crippen molar-refractivity contribution in [3.63, 3.8) is 0 Å². The molecule has 1 aromatic carbocycles.